The lowest BCUT2D eigenvalue weighted by molar-refractivity contribution is 0.0984. The highest BCUT2D eigenvalue weighted by Crippen LogP contribution is 2.30. The zero-order chi connectivity index (χ0) is 17.1. The zero-order valence-corrected chi connectivity index (χ0v) is 17.8. The van der Waals surface area contributed by atoms with E-state index in [2.05, 4.69) is 32.5 Å². The highest BCUT2D eigenvalue weighted by atomic mass is 127. The second kappa shape index (κ2) is 8.93. The van der Waals surface area contributed by atoms with Crippen LogP contribution in [0.3, 0.4) is 0 Å². The van der Waals surface area contributed by atoms with Crippen molar-refractivity contribution >= 4 is 67.6 Å². The van der Waals surface area contributed by atoms with Crippen molar-refractivity contribution in [1.82, 2.24) is 9.88 Å². The second-order valence-electron chi connectivity index (χ2n) is 5.70. The fraction of sp³-hybridized carbons (Fsp3) is 0.222. The van der Waals surface area contributed by atoms with Crippen LogP contribution >= 0.6 is 46.3 Å². The standard InChI is InChI=1S/C18H18IN3OS.ClH/c1-21(2)11-12-22(17(23)13-7-3-4-8-14(13)19)18-20-15-9-5-6-10-16(15)24-18;/h3-10H,11-12H2,1-2H3;1H. The summed E-state index contributed by atoms with van der Waals surface area (Å²) < 4.78 is 2.05. The van der Waals surface area contributed by atoms with Gasteiger partial charge >= 0.3 is 0 Å². The van der Waals surface area contributed by atoms with Gasteiger partial charge in [-0.15, -0.1) is 12.4 Å². The molecule has 0 saturated carbocycles. The van der Waals surface area contributed by atoms with E-state index < -0.39 is 0 Å². The Morgan fingerprint density at radius 1 is 1.08 bits per heavy atom. The van der Waals surface area contributed by atoms with Gasteiger partial charge in [0, 0.05) is 16.7 Å². The van der Waals surface area contributed by atoms with E-state index in [0.717, 1.165) is 31.0 Å². The van der Waals surface area contributed by atoms with Crippen LogP contribution in [0, 0.1) is 3.57 Å². The number of carbonyl (C=O) groups is 1. The van der Waals surface area contributed by atoms with E-state index in [-0.39, 0.29) is 18.3 Å². The van der Waals surface area contributed by atoms with Crippen molar-refractivity contribution in [2.24, 2.45) is 0 Å². The molecule has 4 nitrogen and oxygen atoms in total. The molecule has 3 aromatic rings. The Morgan fingerprint density at radius 3 is 2.44 bits per heavy atom. The van der Waals surface area contributed by atoms with Crippen LogP contribution in [0.15, 0.2) is 48.5 Å². The predicted octanol–water partition coefficient (Wildman–Crippen LogP) is 4.53. The summed E-state index contributed by atoms with van der Waals surface area (Å²) in [5.41, 5.74) is 1.65. The SMILES string of the molecule is CN(C)CCN(C(=O)c1ccccc1I)c1nc2ccccc2s1.Cl. The van der Waals surface area contributed by atoms with Gasteiger partial charge in [-0.05, 0) is 61.0 Å². The zero-order valence-electron chi connectivity index (χ0n) is 14.0. The summed E-state index contributed by atoms with van der Waals surface area (Å²) in [5.74, 6) is 0.000839. The van der Waals surface area contributed by atoms with Crippen molar-refractivity contribution in [3.63, 3.8) is 0 Å². The largest absolute Gasteiger partial charge is 0.308 e. The van der Waals surface area contributed by atoms with Crippen LogP contribution in [0.1, 0.15) is 10.4 Å². The first-order chi connectivity index (χ1) is 11.6. The van der Waals surface area contributed by atoms with Crippen molar-refractivity contribution in [2.45, 2.75) is 0 Å². The van der Waals surface area contributed by atoms with Crippen molar-refractivity contribution in [3.8, 4) is 0 Å². The van der Waals surface area contributed by atoms with Crippen LogP contribution in [-0.2, 0) is 0 Å². The lowest BCUT2D eigenvalue weighted by Crippen LogP contribution is -2.37. The number of amides is 1. The molecule has 0 N–H and O–H groups in total. The number of aromatic nitrogens is 1. The number of benzene rings is 2. The first-order valence-corrected chi connectivity index (χ1v) is 9.52. The number of hydrogen-bond acceptors (Lipinski definition) is 4. The van der Waals surface area contributed by atoms with E-state index in [1.807, 2.05) is 62.6 Å². The summed E-state index contributed by atoms with van der Waals surface area (Å²) >= 11 is 3.77. The predicted molar refractivity (Wildman–Crippen MR) is 116 cm³/mol. The highest BCUT2D eigenvalue weighted by molar-refractivity contribution is 14.1. The van der Waals surface area contributed by atoms with Gasteiger partial charge in [0.25, 0.3) is 5.91 Å². The molecule has 132 valence electrons. The molecule has 0 saturated heterocycles. The smallest absolute Gasteiger partial charge is 0.261 e. The molecule has 0 fully saturated rings. The van der Waals surface area contributed by atoms with Crippen molar-refractivity contribution in [1.29, 1.82) is 0 Å². The number of halogens is 2. The maximum Gasteiger partial charge on any atom is 0.261 e. The van der Waals surface area contributed by atoms with Crippen LogP contribution in [-0.4, -0.2) is 43.0 Å². The topological polar surface area (TPSA) is 36.4 Å². The van der Waals surface area contributed by atoms with Crippen LogP contribution in [0.25, 0.3) is 10.2 Å². The number of nitrogens with zero attached hydrogens (tertiary/aromatic N) is 3. The molecule has 0 atom stereocenters. The summed E-state index contributed by atoms with van der Waals surface area (Å²) in [6.45, 7) is 1.39. The normalized spacial score (nSPS) is 10.7. The molecule has 7 heteroatoms. The fourth-order valence-electron chi connectivity index (χ4n) is 2.34. The van der Waals surface area contributed by atoms with Crippen molar-refractivity contribution < 1.29 is 4.79 Å². The molecule has 0 aliphatic carbocycles. The van der Waals surface area contributed by atoms with Gasteiger partial charge in [0.1, 0.15) is 0 Å². The van der Waals surface area contributed by atoms with Gasteiger partial charge in [-0.2, -0.15) is 0 Å². The minimum absolute atomic E-state index is 0. The number of para-hydroxylation sites is 1. The molecular formula is C18H19ClIN3OS. The number of thiazole rings is 1. The number of fused-ring (bicyclic) bond motifs is 1. The monoisotopic (exact) mass is 487 g/mol. The molecule has 0 aliphatic heterocycles. The molecule has 3 rings (SSSR count). The van der Waals surface area contributed by atoms with E-state index in [0.29, 0.717) is 6.54 Å². The number of anilines is 1. The maximum absolute atomic E-state index is 13.1. The van der Waals surface area contributed by atoms with E-state index in [4.69, 9.17) is 0 Å². The second-order valence-corrected chi connectivity index (χ2v) is 7.88. The highest BCUT2D eigenvalue weighted by Gasteiger charge is 2.22. The molecule has 1 amide bonds. The lowest BCUT2D eigenvalue weighted by atomic mass is 10.2. The Bertz CT molecular complexity index is 835. The Hall–Kier alpha value is -1.22. The summed E-state index contributed by atoms with van der Waals surface area (Å²) in [6.07, 6.45) is 0. The Morgan fingerprint density at radius 2 is 1.76 bits per heavy atom. The summed E-state index contributed by atoms with van der Waals surface area (Å²) in [7, 11) is 4.01. The molecule has 0 unspecified atom stereocenters. The van der Waals surface area contributed by atoms with E-state index in [9.17, 15) is 4.79 Å². The molecule has 0 aliphatic rings. The molecule has 0 bridgehead atoms. The van der Waals surface area contributed by atoms with Crippen molar-refractivity contribution in [2.75, 3.05) is 32.1 Å². The van der Waals surface area contributed by atoms with Crippen LogP contribution in [0.2, 0.25) is 0 Å². The van der Waals surface area contributed by atoms with Gasteiger partial charge in [-0.1, -0.05) is 35.6 Å². The Labute approximate surface area is 171 Å². The summed E-state index contributed by atoms with van der Waals surface area (Å²) in [5, 5.41) is 0.753. The van der Waals surface area contributed by atoms with Gasteiger partial charge in [-0.25, -0.2) is 4.98 Å². The molecule has 25 heavy (non-hydrogen) atoms. The van der Waals surface area contributed by atoms with Crippen molar-refractivity contribution in [3.05, 3.63) is 57.7 Å². The minimum atomic E-state index is 0. The van der Waals surface area contributed by atoms with Crippen LogP contribution in [0.5, 0.6) is 0 Å². The molecule has 1 heterocycles. The van der Waals surface area contributed by atoms with E-state index >= 15 is 0 Å². The average molecular weight is 488 g/mol. The van der Waals surface area contributed by atoms with Gasteiger partial charge in [0.05, 0.1) is 15.8 Å². The van der Waals surface area contributed by atoms with Crippen LogP contribution < -0.4 is 4.90 Å². The number of likely N-dealkylation sites (N-methyl/N-ethyl adjacent to an activating group) is 1. The van der Waals surface area contributed by atoms with Gasteiger partial charge in [0.2, 0.25) is 0 Å². The lowest BCUT2D eigenvalue weighted by Gasteiger charge is -2.22. The number of hydrogen-bond donors (Lipinski definition) is 0. The van der Waals surface area contributed by atoms with Gasteiger partial charge in [0.15, 0.2) is 5.13 Å². The third kappa shape index (κ3) is 4.69. The molecular weight excluding hydrogens is 469 g/mol. The maximum atomic E-state index is 13.1. The molecule has 0 spiro atoms. The molecule has 0 radical (unpaired) electrons. The van der Waals surface area contributed by atoms with E-state index in [1.54, 1.807) is 16.2 Å². The fourth-order valence-corrected chi connectivity index (χ4v) is 3.95. The molecule has 2 aromatic carbocycles. The number of carbonyl (C=O) groups excluding carboxylic acids is 1. The third-order valence-electron chi connectivity index (χ3n) is 3.63. The van der Waals surface area contributed by atoms with Gasteiger partial charge in [-0.3, -0.25) is 9.69 Å². The van der Waals surface area contributed by atoms with Crippen LogP contribution in [0.4, 0.5) is 5.13 Å². The molecule has 1 aromatic heterocycles. The quantitative estimate of drug-likeness (QED) is 0.496. The first kappa shape index (κ1) is 20.1. The van der Waals surface area contributed by atoms with E-state index in [1.165, 1.54) is 0 Å². The Kier molecular flexibility index (Phi) is 7.18. The number of rotatable bonds is 5. The Balaban J connectivity index is 0.00000225. The summed E-state index contributed by atoms with van der Waals surface area (Å²) in [6, 6.07) is 15.7. The summed E-state index contributed by atoms with van der Waals surface area (Å²) in [4.78, 5) is 21.7. The average Bonchev–Trinajstić information content (AvgIpc) is 2.98. The third-order valence-corrected chi connectivity index (χ3v) is 5.63. The van der Waals surface area contributed by atoms with Gasteiger partial charge < -0.3 is 4.90 Å². The minimum Gasteiger partial charge on any atom is -0.308 e. The first-order valence-electron chi connectivity index (χ1n) is 7.63.